The van der Waals surface area contributed by atoms with Gasteiger partial charge < -0.3 is 14.6 Å². The fourth-order valence-electron chi connectivity index (χ4n) is 0.735. The SMILES string of the molecule is COC(C)(C)C(=O)NCc1ncon1. The van der Waals surface area contributed by atoms with E-state index in [2.05, 4.69) is 20.0 Å². The van der Waals surface area contributed by atoms with E-state index in [1.54, 1.807) is 13.8 Å². The van der Waals surface area contributed by atoms with Crippen LogP contribution in [0.15, 0.2) is 10.9 Å². The van der Waals surface area contributed by atoms with Crippen LogP contribution in [0.1, 0.15) is 19.7 Å². The number of hydrogen-bond donors (Lipinski definition) is 1. The Labute approximate surface area is 81.6 Å². The summed E-state index contributed by atoms with van der Waals surface area (Å²) in [6.45, 7) is 3.60. The standard InChI is InChI=1S/C8H13N3O3/c1-8(2,13-3)7(12)9-4-6-10-5-14-11-6/h5H,4H2,1-3H3,(H,9,12). The zero-order valence-electron chi connectivity index (χ0n) is 8.40. The van der Waals surface area contributed by atoms with Gasteiger partial charge in [0.25, 0.3) is 5.91 Å². The summed E-state index contributed by atoms with van der Waals surface area (Å²) >= 11 is 0. The highest BCUT2D eigenvalue weighted by Gasteiger charge is 2.26. The van der Waals surface area contributed by atoms with Crippen molar-refractivity contribution in [3.05, 3.63) is 12.2 Å². The van der Waals surface area contributed by atoms with Crippen LogP contribution >= 0.6 is 0 Å². The third-order valence-electron chi connectivity index (χ3n) is 1.87. The molecule has 1 rings (SSSR count). The molecule has 0 atom stereocenters. The molecule has 6 heteroatoms. The van der Waals surface area contributed by atoms with E-state index in [9.17, 15) is 4.79 Å². The quantitative estimate of drug-likeness (QED) is 0.744. The average Bonchev–Trinajstić information content (AvgIpc) is 2.66. The van der Waals surface area contributed by atoms with E-state index >= 15 is 0 Å². The molecule has 0 aliphatic rings. The number of nitrogens with zero attached hydrogens (tertiary/aromatic N) is 2. The first-order valence-corrected chi connectivity index (χ1v) is 4.15. The topological polar surface area (TPSA) is 77.2 Å². The highest BCUT2D eigenvalue weighted by molar-refractivity contribution is 5.84. The maximum Gasteiger partial charge on any atom is 0.252 e. The maximum absolute atomic E-state index is 11.5. The number of amides is 1. The lowest BCUT2D eigenvalue weighted by molar-refractivity contribution is -0.139. The van der Waals surface area contributed by atoms with Gasteiger partial charge in [-0.25, -0.2) is 0 Å². The molecule has 0 unspecified atom stereocenters. The Hall–Kier alpha value is -1.43. The summed E-state index contributed by atoms with van der Waals surface area (Å²) in [5.41, 5.74) is -0.844. The number of nitrogens with one attached hydrogen (secondary N) is 1. The second-order valence-electron chi connectivity index (χ2n) is 3.24. The predicted octanol–water partition coefficient (Wildman–Crippen LogP) is 0.111. The molecule has 0 aliphatic carbocycles. The van der Waals surface area contributed by atoms with Crippen molar-refractivity contribution in [2.45, 2.75) is 26.0 Å². The largest absolute Gasteiger partial charge is 0.369 e. The van der Waals surface area contributed by atoms with Crippen molar-refractivity contribution in [2.75, 3.05) is 7.11 Å². The Balaban J connectivity index is 2.43. The van der Waals surface area contributed by atoms with Crippen LogP contribution in [-0.4, -0.2) is 28.8 Å². The first-order chi connectivity index (χ1) is 6.56. The van der Waals surface area contributed by atoms with E-state index < -0.39 is 5.60 Å². The molecule has 1 N–H and O–H groups in total. The molecule has 0 spiro atoms. The predicted molar refractivity (Wildman–Crippen MR) is 47.2 cm³/mol. The first kappa shape index (κ1) is 10.6. The Morgan fingerprint density at radius 3 is 2.93 bits per heavy atom. The zero-order chi connectivity index (χ0) is 10.6. The van der Waals surface area contributed by atoms with Crippen molar-refractivity contribution in [3.63, 3.8) is 0 Å². The van der Waals surface area contributed by atoms with Crippen molar-refractivity contribution < 1.29 is 14.1 Å². The van der Waals surface area contributed by atoms with E-state index in [4.69, 9.17) is 4.74 Å². The number of carbonyl (C=O) groups excluding carboxylic acids is 1. The van der Waals surface area contributed by atoms with E-state index in [0.29, 0.717) is 5.82 Å². The summed E-state index contributed by atoms with van der Waals surface area (Å²) in [7, 11) is 1.48. The number of aromatic nitrogens is 2. The molecule has 0 aliphatic heterocycles. The minimum Gasteiger partial charge on any atom is -0.369 e. The molecule has 1 aromatic rings. The number of ether oxygens (including phenoxy) is 1. The van der Waals surface area contributed by atoms with Crippen molar-refractivity contribution in [1.29, 1.82) is 0 Å². The molecular formula is C8H13N3O3. The third kappa shape index (κ3) is 2.53. The van der Waals surface area contributed by atoms with Gasteiger partial charge in [-0.3, -0.25) is 4.79 Å². The molecule has 1 aromatic heterocycles. The fraction of sp³-hybridized carbons (Fsp3) is 0.625. The van der Waals surface area contributed by atoms with Crippen LogP contribution in [0, 0.1) is 0 Å². The maximum atomic E-state index is 11.5. The number of carbonyl (C=O) groups is 1. The van der Waals surface area contributed by atoms with Crippen LogP contribution in [0.5, 0.6) is 0 Å². The van der Waals surface area contributed by atoms with Gasteiger partial charge in [0.1, 0.15) is 5.60 Å². The summed E-state index contributed by atoms with van der Waals surface area (Å²) in [4.78, 5) is 15.2. The number of methoxy groups -OCH3 is 1. The highest BCUT2D eigenvalue weighted by Crippen LogP contribution is 2.06. The zero-order valence-corrected chi connectivity index (χ0v) is 8.40. The van der Waals surface area contributed by atoms with Gasteiger partial charge in [0, 0.05) is 7.11 Å². The van der Waals surface area contributed by atoms with E-state index in [0.717, 1.165) is 0 Å². The average molecular weight is 199 g/mol. The minimum absolute atomic E-state index is 0.218. The summed E-state index contributed by atoms with van der Waals surface area (Å²) in [6.07, 6.45) is 1.21. The van der Waals surface area contributed by atoms with Crippen LogP contribution in [0.2, 0.25) is 0 Å². The molecule has 0 radical (unpaired) electrons. The second kappa shape index (κ2) is 4.19. The van der Waals surface area contributed by atoms with Gasteiger partial charge in [-0.15, -0.1) is 0 Å². The summed E-state index contributed by atoms with van der Waals surface area (Å²) in [6, 6.07) is 0. The van der Waals surface area contributed by atoms with Crippen LogP contribution in [-0.2, 0) is 16.1 Å². The molecule has 1 heterocycles. The lowest BCUT2D eigenvalue weighted by Gasteiger charge is -2.20. The molecule has 0 bridgehead atoms. The van der Waals surface area contributed by atoms with Crippen LogP contribution in [0.3, 0.4) is 0 Å². The number of hydrogen-bond acceptors (Lipinski definition) is 5. The van der Waals surface area contributed by atoms with Gasteiger partial charge in [-0.05, 0) is 13.8 Å². The molecule has 6 nitrogen and oxygen atoms in total. The molecule has 0 aromatic carbocycles. The van der Waals surface area contributed by atoms with Crippen molar-refractivity contribution in [1.82, 2.24) is 15.5 Å². The minimum atomic E-state index is -0.844. The van der Waals surface area contributed by atoms with Crippen molar-refractivity contribution >= 4 is 5.91 Å². The normalized spacial score (nSPS) is 11.4. The molecule has 0 fully saturated rings. The smallest absolute Gasteiger partial charge is 0.252 e. The number of rotatable bonds is 4. The molecule has 1 amide bonds. The first-order valence-electron chi connectivity index (χ1n) is 4.15. The molecule has 0 saturated heterocycles. The fourth-order valence-corrected chi connectivity index (χ4v) is 0.735. The summed E-state index contributed by atoms with van der Waals surface area (Å²) in [5, 5.41) is 6.18. The van der Waals surface area contributed by atoms with Gasteiger partial charge in [-0.2, -0.15) is 4.98 Å². The van der Waals surface area contributed by atoms with Gasteiger partial charge in [0.2, 0.25) is 6.39 Å². The van der Waals surface area contributed by atoms with Gasteiger partial charge >= 0.3 is 0 Å². The highest BCUT2D eigenvalue weighted by atomic mass is 16.5. The van der Waals surface area contributed by atoms with Gasteiger partial charge in [-0.1, -0.05) is 5.16 Å². The van der Waals surface area contributed by atoms with Crippen molar-refractivity contribution in [2.24, 2.45) is 0 Å². The summed E-state index contributed by atoms with van der Waals surface area (Å²) in [5.74, 6) is 0.218. The Bertz CT molecular complexity index is 295. The monoisotopic (exact) mass is 199 g/mol. The molecule has 0 saturated carbocycles. The molecule has 14 heavy (non-hydrogen) atoms. The van der Waals surface area contributed by atoms with Gasteiger partial charge in [0.15, 0.2) is 5.82 Å². The molecule has 78 valence electrons. The summed E-state index contributed by atoms with van der Waals surface area (Å²) < 4.78 is 9.51. The molecular weight excluding hydrogens is 186 g/mol. The Kier molecular flexibility index (Phi) is 3.19. The van der Waals surface area contributed by atoms with E-state index in [-0.39, 0.29) is 12.5 Å². The lowest BCUT2D eigenvalue weighted by atomic mass is 10.1. The Morgan fingerprint density at radius 1 is 1.71 bits per heavy atom. The van der Waals surface area contributed by atoms with Crippen LogP contribution in [0.25, 0.3) is 0 Å². The van der Waals surface area contributed by atoms with Crippen LogP contribution in [0.4, 0.5) is 0 Å². The van der Waals surface area contributed by atoms with E-state index in [1.807, 2.05) is 0 Å². The van der Waals surface area contributed by atoms with Gasteiger partial charge in [0.05, 0.1) is 6.54 Å². The second-order valence-corrected chi connectivity index (χ2v) is 3.24. The Morgan fingerprint density at radius 2 is 2.43 bits per heavy atom. The van der Waals surface area contributed by atoms with Crippen molar-refractivity contribution in [3.8, 4) is 0 Å². The third-order valence-corrected chi connectivity index (χ3v) is 1.87. The van der Waals surface area contributed by atoms with E-state index in [1.165, 1.54) is 13.5 Å². The van der Waals surface area contributed by atoms with Crippen LogP contribution < -0.4 is 5.32 Å². The lowest BCUT2D eigenvalue weighted by Crippen LogP contribution is -2.43.